The number of carbonyl (C=O) groups is 1. The first-order chi connectivity index (χ1) is 14.2. The fraction of sp³-hybridized carbons (Fsp3) is 0.654. The van der Waals surface area contributed by atoms with Crippen LogP contribution in [0.25, 0.3) is 0 Å². The monoisotopic (exact) mass is 411 g/mol. The van der Waals surface area contributed by atoms with Crippen LogP contribution in [0.4, 0.5) is 0 Å². The molecule has 30 heavy (non-hydrogen) atoms. The number of esters is 1. The number of hydrogen-bond donors (Lipinski definition) is 1. The minimum atomic E-state index is -0.956. The van der Waals surface area contributed by atoms with Crippen LogP contribution < -0.4 is 0 Å². The summed E-state index contributed by atoms with van der Waals surface area (Å²) in [5.41, 5.74) is 1.55. The lowest BCUT2D eigenvalue weighted by Gasteiger charge is -2.50. The zero-order chi connectivity index (χ0) is 21.5. The summed E-state index contributed by atoms with van der Waals surface area (Å²) in [7, 11) is 0. The largest absolute Gasteiger partial charge is 0.462 e. The van der Waals surface area contributed by atoms with Crippen LogP contribution in [0, 0.1) is 23.2 Å². The highest BCUT2D eigenvalue weighted by Crippen LogP contribution is 2.56. The molecule has 2 saturated carbocycles. The Hall–Kier alpha value is -1.65. The van der Waals surface area contributed by atoms with Crippen LogP contribution in [0.5, 0.6) is 0 Å². The molecule has 164 valence electrons. The van der Waals surface area contributed by atoms with Crippen molar-refractivity contribution in [3.05, 3.63) is 48.0 Å². The molecular formula is C26H37NO3. The Balaban J connectivity index is 1.48. The number of likely N-dealkylation sites (N-methyl/N-ethyl adjacent to an activating group) is 1. The van der Waals surface area contributed by atoms with Gasteiger partial charge >= 0.3 is 5.97 Å². The van der Waals surface area contributed by atoms with Crippen molar-refractivity contribution in [2.75, 3.05) is 19.6 Å². The van der Waals surface area contributed by atoms with E-state index in [0.717, 1.165) is 31.4 Å². The van der Waals surface area contributed by atoms with Crippen molar-refractivity contribution in [2.24, 2.45) is 23.2 Å². The van der Waals surface area contributed by atoms with E-state index >= 15 is 0 Å². The van der Waals surface area contributed by atoms with Crippen molar-refractivity contribution in [1.82, 2.24) is 4.90 Å². The minimum Gasteiger partial charge on any atom is -0.462 e. The van der Waals surface area contributed by atoms with Gasteiger partial charge in [0.25, 0.3) is 0 Å². The summed E-state index contributed by atoms with van der Waals surface area (Å²) in [6, 6.07) is 9.79. The molecule has 0 radical (unpaired) electrons. The average Bonchev–Trinajstić information content (AvgIpc) is 3.00. The van der Waals surface area contributed by atoms with Gasteiger partial charge in [0.15, 0.2) is 0 Å². The quantitative estimate of drug-likeness (QED) is 0.552. The van der Waals surface area contributed by atoms with Crippen LogP contribution in [0.3, 0.4) is 0 Å². The van der Waals surface area contributed by atoms with E-state index in [1.807, 2.05) is 37.3 Å². The fourth-order valence-corrected chi connectivity index (χ4v) is 6.37. The normalized spacial score (nSPS) is 35.5. The third-order valence-corrected chi connectivity index (χ3v) is 8.15. The molecule has 1 saturated heterocycles. The van der Waals surface area contributed by atoms with Crippen molar-refractivity contribution in [1.29, 1.82) is 0 Å². The first-order valence-corrected chi connectivity index (χ1v) is 11.6. The van der Waals surface area contributed by atoms with Gasteiger partial charge in [0.1, 0.15) is 6.10 Å². The molecule has 1 aliphatic heterocycles. The van der Waals surface area contributed by atoms with Gasteiger partial charge in [0, 0.05) is 19.0 Å². The summed E-state index contributed by atoms with van der Waals surface area (Å²) in [6.45, 7) is 12.7. The van der Waals surface area contributed by atoms with Gasteiger partial charge in [-0.05, 0) is 62.5 Å². The van der Waals surface area contributed by atoms with E-state index in [1.165, 1.54) is 18.4 Å². The molecule has 3 aliphatic rings. The summed E-state index contributed by atoms with van der Waals surface area (Å²) in [6.07, 6.45) is 5.57. The van der Waals surface area contributed by atoms with Crippen LogP contribution in [0.15, 0.2) is 42.5 Å². The SMILES string of the molecule is C=C1CCC[C@]2(C)C[C@H]3OC(=O)[C@H](CN(CC)C[C@@](C)(O)c4ccccc4)[C@@H]3C[C@@H]12. The molecule has 4 nitrogen and oxygen atoms in total. The van der Waals surface area contributed by atoms with E-state index < -0.39 is 5.60 Å². The van der Waals surface area contributed by atoms with Crippen molar-refractivity contribution in [3.63, 3.8) is 0 Å². The van der Waals surface area contributed by atoms with Gasteiger partial charge in [-0.15, -0.1) is 0 Å². The number of nitrogens with zero attached hydrogens (tertiary/aromatic N) is 1. The van der Waals surface area contributed by atoms with Gasteiger partial charge < -0.3 is 9.84 Å². The Kier molecular flexibility index (Phi) is 5.84. The van der Waals surface area contributed by atoms with Gasteiger partial charge in [-0.25, -0.2) is 0 Å². The third kappa shape index (κ3) is 3.97. The molecule has 0 spiro atoms. The van der Waals surface area contributed by atoms with Gasteiger partial charge in [-0.3, -0.25) is 9.69 Å². The van der Waals surface area contributed by atoms with Crippen molar-refractivity contribution < 1.29 is 14.6 Å². The van der Waals surface area contributed by atoms with E-state index in [2.05, 4.69) is 25.3 Å². The molecule has 6 atom stereocenters. The summed E-state index contributed by atoms with van der Waals surface area (Å²) < 4.78 is 5.93. The number of rotatable bonds is 6. The zero-order valence-corrected chi connectivity index (χ0v) is 18.8. The van der Waals surface area contributed by atoms with Crippen LogP contribution in [-0.4, -0.2) is 41.7 Å². The van der Waals surface area contributed by atoms with Crippen LogP contribution in [-0.2, 0) is 15.1 Å². The Bertz CT molecular complexity index is 789. The van der Waals surface area contributed by atoms with Gasteiger partial charge in [0.2, 0.25) is 0 Å². The smallest absolute Gasteiger partial charge is 0.310 e. The molecule has 2 aliphatic carbocycles. The standard InChI is InChI=1S/C26H37NO3/c1-5-27(17-26(4,29)19-11-7-6-8-12-19)16-21-20-14-22-18(2)10-9-13-25(22,3)15-23(20)30-24(21)28/h6-8,11-12,20-23,29H,2,5,9-10,13-17H2,1,3-4H3/t20-,21+,22-,23+,25+,26+/m0/s1. The molecule has 0 bridgehead atoms. The number of benzene rings is 1. The Morgan fingerprint density at radius 2 is 2.07 bits per heavy atom. The fourth-order valence-electron chi connectivity index (χ4n) is 6.37. The second-order valence-corrected chi connectivity index (χ2v) is 10.4. The van der Waals surface area contributed by atoms with Crippen molar-refractivity contribution >= 4 is 5.97 Å². The average molecular weight is 412 g/mol. The molecule has 1 aromatic rings. The summed E-state index contributed by atoms with van der Waals surface area (Å²) in [5.74, 6) is 0.615. The number of fused-ring (bicyclic) bond motifs is 2. The van der Waals surface area contributed by atoms with Gasteiger partial charge in [-0.2, -0.15) is 0 Å². The molecule has 1 aromatic carbocycles. The molecule has 0 aromatic heterocycles. The highest BCUT2D eigenvalue weighted by molar-refractivity contribution is 5.75. The number of allylic oxidation sites excluding steroid dienone is 1. The summed E-state index contributed by atoms with van der Waals surface area (Å²) in [4.78, 5) is 15.1. The van der Waals surface area contributed by atoms with E-state index in [-0.39, 0.29) is 29.3 Å². The molecule has 0 amide bonds. The first-order valence-electron chi connectivity index (χ1n) is 11.6. The van der Waals surface area contributed by atoms with Crippen molar-refractivity contribution in [3.8, 4) is 0 Å². The molecule has 4 heteroatoms. The number of carbonyl (C=O) groups excluding carboxylic acids is 1. The van der Waals surface area contributed by atoms with Crippen molar-refractivity contribution in [2.45, 2.75) is 64.6 Å². The number of ether oxygens (including phenoxy) is 1. The maximum Gasteiger partial charge on any atom is 0.310 e. The Morgan fingerprint density at radius 1 is 1.33 bits per heavy atom. The molecule has 0 unspecified atom stereocenters. The number of hydrogen-bond acceptors (Lipinski definition) is 4. The summed E-state index contributed by atoms with van der Waals surface area (Å²) >= 11 is 0. The lowest BCUT2D eigenvalue weighted by molar-refractivity contribution is -0.146. The number of aliphatic hydroxyl groups is 1. The first kappa shape index (κ1) is 21.6. The molecule has 3 fully saturated rings. The maximum atomic E-state index is 12.9. The van der Waals surface area contributed by atoms with Crippen LogP contribution >= 0.6 is 0 Å². The minimum absolute atomic E-state index is 0.0444. The Labute approximate surface area is 181 Å². The maximum absolute atomic E-state index is 12.9. The molecule has 1 heterocycles. The molecular weight excluding hydrogens is 374 g/mol. The molecule has 4 rings (SSSR count). The van der Waals surface area contributed by atoms with E-state index in [0.29, 0.717) is 19.0 Å². The summed E-state index contributed by atoms with van der Waals surface area (Å²) in [5, 5.41) is 11.1. The predicted octanol–water partition coefficient (Wildman–Crippen LogP) is 4.53. The molecule has 1 N–H and O–H groups in total. The highest BCUT2D eigenvalue weighted by Gasteiger charge is 2.55. The topological polar surface area (TPSA) is 49.8 Å². The van der Waals surface area contributed by atoms with Gasteiger partial charge in [0.05, 0.1) is 11.5 Å². The second kappa shape index (κ2) is 8.12. The lowest BCUT2D eigenvalue weighted by atomic mass is 9.55. The van der Waals surface area contributed by atoms with E-state index in [4.69, 9.17) is 4.74 Å². The Morgan fingerprint density at radius 3 is 2.77 bits per heavy atom. The van der Waals surface area contributed by atoms with Crippen LogP contribution in [0.2, 0.25) is 0 Å². The predicted molar refractivity (Wildman–Crippen MR) is 119 cm³/mol. The third-order valence-electron chi connectivity index (χ3n) is 8.15. The second-order valence-electron chi connectivity index (χ2n) is 10.4. The van der Waals surface area contributed by atoms with E-state index in [1.54, 1.807) is 0 Å². The van der Waals surface area contributed by atoms with Crippen LogP contribution in [0.1, 0.15) is 58.4 Å². The highest BCUT2D eigenvalue weighted by atomic mass is 16.6. The van der Waals surface area contributed by atoms with E-state index in [9.17, 15) is 9.90 Å². The lowest BCUT2D eigenvalue weighted by Crippen LogP contribution is -2.47. The van der Waals surface area contributed by atoms with Gasteiger partial charge in [-0.1, -0.05) is 56.3 Å². The zero-order valence-electron chi connectivity index (χ0n) is 18.8.